The minimum absolute atomic E-state index is 0.290. The van der Waals surface area contributed by atoms with Crippen molar-refractivity contribution >= 4 is 40.6 Å². The van der Waals surface area contributed by atoms with Crippen molar-refractivity contribution in [1.82, 2.24) is 10.6 Å². The van der Waals surface area contributed by atoms with E-state index in [1.54, 1.807) is 18.3 Å². The fraction of sp³-hybridized carbons (Fsp3) is 0.167. The van der Waals surface area contributed by atoms with Gasteiger partial charge in [-0.2, -0.15) is 0 Å². The number of carbonyl (C=O) groups is 1. The number of halogens is 1. The summed E-state index contributed by atoms with van der Waals surface area (Å²) in [5.74, 6) is 0.925. The van der Waals surface area contributed by atoms with E-state index >= 15 is 0 Å². The van der Waals surface area contributed by atoms with Gasteiger partial charge in [0.1, 0.15) is 0 Å². The molecule has 0 saturated carbocycles. The highest BCUT2D eigenvalue weighted by Gasteiger charge is 2.08. The number of nitrogens with zero attached hydrogens (tertiary/aromatic N) is 1. The van der Waals surface area contributed by atoms with Crippen molar-refractivity contribution in [2.45, 2.75) is 0 Å². The first-order chi connectivity index (χ1) is 8.74. The van der Waals surface area contributed by atoms with E-state index in [0.717, 1.165) is 17.9 Å². The highest BCUT2D eigenvalue weighted by molar-refractivity contribution is 8.14. The molecule has 0 unspecified atom stereocenters. The molecule has 0 spiro atoms. The summed E-state index contributed by atoms with van der Waals surface area (Å²) in [6.45, 7) is 0.763. The Morgan fingerprint density at radius 2 is 2.39 bits per heavy atom. The summed E-state index contributed by atoms with van der Waals surface area (Å²) in [6, 6.07) is 7.08. The van der Waals surface area contributed by atoms with Crippen molar-refractivity contribution < 1.29 is 4.79 Å². The van der Waals surface area contributed by atoms with E-state index in [1.807, 2.05) is 18.2 Å². The Balaban J connectivity index is 1.81. The van der Waals surface area contributed by atoms with Gasteiger partial charge in [-0.05, 0) is 23.8 Å². The number of hydrogen-bond acceptors (Lipinski definition) is 3. The first-order valence-corrected chi connectivity index (χ1v) is 6.77. The van der Waals surface area contributed by atoms with Crippen LogP contribution in [0.15, 0.2) is 35.5 Å². The summed E-state index contributed by atoms with van der Waals surface area (Å²) < 4.78 is 0. The van der Waals surface area contributed by atoms with Gasteiger partial charge in [0.2, 0.25) is 0 Å². The van der Waals surface area contributed by atoms with Crippen LogP contribution in [0.1, 0.15) is 5.56 Å². The molecule has 1 aliphatic rings. The lowest BCUT2D eigenvalue weighted by Gasteiger charge is -2.02. The highest BCUT2D eigenvalue weighted by atomic mass is 35.5. The van der Waals surface area contributed by atoms with Crippen molar-refractivity contribution in [1.29, 1.82) is 0 Å². The molecule has 1 aliphatic heterocycles. The lowest BCUT2D eigenvalue weighted by atomic mass is 10.2. The van der Waals surface area contributed by atoms with Gasteiger partial charge in [0.05, 0.1) is 6.54 Å². The van der Waals surface area contributed by atoms with E-state index in [4.69, 9.17) is 11.6 Å². The molecule has 1 heterocycles. The Kier molecular flexibility index (Phi) is 4.66. The Bertz CT molecular complexity index is 502. The average Bonchev–Trinajstić information content (AvgIpc) is 2.82. The number of benzene rings is 1. The smallest absolute Gasteiger partial charge is 0.314 e. The second-order valence-electron chi connectivity index (χ2n) is 3.52. The minimum atomic E-state index is -0.290. The summed E-state index contributed by atoms with van der Waals surface area (Å²) in [4.78, 5) is 15.6. The molecular weight excluding hydrogens is 270 g/mol. The highest BCUT2D eigenvalue weighted by Crippen LogP contribution is 2.11. The fourth-order valence-electron chi connectivity index (χ4n) is 1.37. The number of thioether (sulfide) groups is 1. The third kappa shape index (κ3) is 4.09. The number of amides is 2. The van der Waals surface area contributed by atoms with Gasteiger partial charge < -0.3 is 5.32 Å². The van der Waals surface area contributed by atoms with E-state index in [9.17, 15) is 4.79 Å². The van der Waals surface area contributed by atoms with Crippen molar-refractivity contribution in [3.05, 3.63) is 41.1 Å². The van der Waals surface area contributed by atoms with Crippen LogP contribution < -0.4 is 10.6 Å². The third-order valence-electron chi connectivity index (χ3n) is 2.14. The van der Waals surface area contributed by atoms with Crippen LogP contribution in [0, 0.1) is 0 Å². The molecule has 94 valence electrons. The Morgan fingerprint density at radius 1 is 1.50 bits per heavy atom. The number of hydrogen-bond donors (Lipinski definition) is 2. The van der Waals surface area contributed by atoms with Crippen LogP contribution in [0.4, 0.5) is 4.79 Å². The van der Waals surface area contributed by atoms with Crippen LogP contribution in [0.25, 0.3) is 6.08 Å². The Morgan fingerprint density at radius 3 is 3.11 bits per heavy atom. The molecule has 2 amide bonds. The maximum absolute atomic E-state index is 11.5. The van der Waals surface area contributed by atoms with E-state index in [1.165, 1.54) is 11.8 Å². The molecule has 0 aliphatic carbocycles. The molecule has 0 bridgehead atoms. The summed E-state index contributed by atoms with van der Waals surface area (Å²) in [5.41, 5.74) is 0.926. The number of aliphatic imine (C=N–C) groups is 1. The van der Waals surface area contributed by atoms with Crippen LogP contribution in [0.5, 0.6) is 0 Å². The maximum atomic E-state index is 11.5. The predicted molar refractivity (Wildman–Crippen MR) is 76.9 cm³/mol. The standard InChI is InChI=1S/C12H12ClN3OS/c13-10-3-1-2-9(8-10)4-5-14-11(17)16-12-15-6-7-18-12/h1-5,8H,6-7H2,(H2,14,15,16,17)/b5-4+. The first kappa shape index (κ1) is 13.0. The zero-order chi connectivity index (χ0) is 12.8. The molecule has 0 radical (unpaired) electrons. The van der Waals surface area contributed by atoms with Gasteiger partial charge in [-0.1, -0.05) is 35.5 Å². The quantitative estimate of drug-likeness (QED) is 0.876. The zero-order valence-electron chi connectivity index (χ0n) is 9.52. The fourth-order valence-corrected chi connectivity index (χ4v) is 2.29. The normalized spacial score (nSPS) is 14.6. The summed E-state index contributed by atoms with van der Waals surface area (Å²) in [7, 11) is 0. The molecule has 0 atom stereocenters. The topological polar surface area (TPSA) is 53.5 Å². The molecule has 18 heavy (non-hydrogen) atoms. The number of carbonyl (C=O) groups excluding carboxylic acids is 1. The minimum Gasteiger partial charge on any atom is -0.314 e. The van der Waals surface area contributed by atoms with Crippen molar-refractivity contribution in [3.63, 3.8) is 0 Å². The van der Waals surface area contributed by atoms with E-state index in [0.29, 0.717) is 10.2 Å². The van der Waals surface area contributed by atoms with Crippen LogP contribution in [0.2, 0.25) is 5.02 Å². The number of nitrogens with one attached hydrogen (secondary N) is 2. The largest absolute Gasteiger partial charge is 0.324 e. The summed E-state index contributed by atoms with van der Waals surface area (Å²) >= 11 is 7.39. The van der Waals surface area contributed by atoms with Crippen molar-refractivity contribution in [2.75, 3.05) is 12.3 Å². The molecule has 2 N–H and O–H groups in total. The molecule has 4 nitrogen and oxygen atoms in total. The van der Waals surface area contributed by atoms with E-state index < -0.39 is 0 Å². The van der Waals surface area contributed by atoms with Crippen molar-refractivity contribution in [2.24, 2.45) is 4.99 Å². The van der Waals surface area contributed by atoms with Gasteiger partial charge in [0.15, 0.2) is 5.17 Å². The monoisotopic (exact) mass is 281 g/mol. The van der Waals surface area contributed by atoms with Gasteiger partial charge in [0.25, 0.3) is 0 Å². The average molecular weight is 282 g/mol. The molecule has 0 fully saturated rings. The van der Waals surface area contributed by atoms with Gasteiger partial charge in [0, 0.05) is 17.0 Å². The van der Waals surface area contributed by atoms with Crippen LogP contribution >= 0.6 is 23.4 Å². The van der Waals surface area contributed by atoms with Crippen molar-refractivity contribution in [3.8, 4) is 0 Å². The second-order valence-corrected chi connectivity index (χ2v) is 5.04. The number of rotatable bonds is 2. The molecule has 1 aromatic rings. The van der Waals surface area contributed by atoms with Crippen LogP contribution in [-0.4, -0.2) is 23.5 Å². The maximum Gasteiger partial charge on any atom is 0.324 e. The Labute approximate surface area is 115 Å². The second kappa shape index (κ2) is 6.47. The number of amidine groups is 1. The predicted octanol–water partition coefficient (Wildman–Crippen LogP) is 2.71. The lowest BCUT2D eigenvalue weighted by molar-refractivity contribution is 0.248. The Hall–Kier alpha value is -1.46. The first-order valence-electron chi connectivity index (χ1n) is 5.41. The number of urea groups is 1. The van der Waals surface area contributed by atoms with E-state index in [-0.39, 0.29) is 6.03 Å². The molecule has 0 saturated heterocycles. The van der Waals surface area contributed by atoms with E-state index in [2.05, 4.69) is 15.6 Å². The summed E-state index contributed by atoms with van der Waals surface area (Å²) in [5, 5.41) is 6.61. The van der Waals surface area contributed by atoms with Gasteiger partial charge in [-0.3, -0.25) is 10.3 Å². The van der Waals surface area contributed by atoms with Crippen LogP contribution in [-0.2, 0) is 0 Å². The summed E-state index contributed by atoms with van der Waals surface area (Å²) in [6.07, 6.45) is 3.34. The lowest BCUT2D eigenvalue weighted by Crippen LogP contribution is -2.34. The zero-order valence-corrected chi connectivity index (χ0v) is 11.1. The SMILES string of the molecule is O=C(N/C=C/c1cccc(Cl)c1)NC1=NCCS1. The van der Waals surface area contributed by atoms with Gasteiger partial charge in [-0.25, -0.2) is 4.79 Å². The van der Waals surface area contributed by atoms with Gasteiger partial charge in [-0.15, -0.1) is 0 Å². The molecule has 6 heteroatoms. The van der Waals surface area contributed by atoms with Gasteiger partial charge >= 0.3 is 6.03 Å². The third-order valence-corrected chi connectivity index (χ3v) is 3.27. The molecule has 2 rings (SSSR count). The van der Waals surface area contributed by atoms with Crippen LogP contribution in [0.3, 0.4) is 0 Å². The molecule has 1 aromatic carbocycles. The molecular formula is C12H12ClN3OS. The molecule has 0 aromatic heterocycles.